The van der Waals surface area contributed by atoms with E-state index in [1.807, 2.05) is 30.3 Å². The van der Waals surface area contributed by atoms with Crippen LogP contribution < -0.4 is 25.9 Å². The van der Waals surface area contributed by atoms with Crippen LogP contribution in [0.15, 0.2) is 191 Å². The first-order valence-electron chi connectivity index (χ1n) is 20.4. The van der Waals surface area contributed by atoms with Gasteiger partial charge in [-0.1, -0.05) is 140 Å². The van der Waals surface area contributed by atoms with Gasteiger partial charge in [-0.2, -0.15) is 0 Å². The Hall–Kier alpha value is -7.96. The number of fused-ring (bicyclic) bond motifs is 16. The SMILES string of the molecule is c1ccc(-c2ccc3c(c2)Oc2cc(-n4c5ccccc5c5c6oc7ccccc7c6c6oc7ccccc7c6c54)cc4c2B3c2ccc(-c3ccccc3)cc2O4)cc1. The van der Waals surface area contributed by atoms with Gasteiger partial charge in [0.15, 0.2) is 0 Å². The van der Waals surface area contributed by atoms with Crippen molar-refractivity contribution in [2.45, 2.75) is 0 Å². The molecule has 0 unspecified atom stereocenters. The minimum absolute atomic E-state index is 0.0935. The molecule has 0 N–H and O–H groups in total. The molecule has 0 aliphatic carbocycles. The lowest BCUT2D eigenvalue weighted by Crippen LogP contribution is -2.57. The van der Waals surface area contributed by atoms with E-state index in [1.54, 1.807) is 0 Å². The molecular weight excluding hydrogens is 737 g/mol. The van der Waals surface area contributed by atoms with Crippen LogP contribution >= 0.6 is 0 Å². The second-order valence-electron chi connectivity index (χ2n) is 15.9. The first kappa shape index (κ1) is 32.1. The zero-order valence-electron chi connectivity index (χ0n) is 32.0. The maximum atomic E-state index is 7.08. The molecule has 0 saturated heterocycles. The molecule has 0 spiro atoms. The fraction of sp³-hybridized carbons (Fsp3) is 0. The van der Waals surface area contributed by atoms with Crippen LogP contribution in [0.5, 0.6) is 23.0 Å². The Kier molecular flexibility index (Phi) is 6.31. The van der Waals surface area contributed by atoms with Gasteiger partial charge in [-0.15, -0.1) is 0 Å². The Balaban J connectivity index is 1.08. The summed E-state index contributed by atoms with van der Waals surface area (Å²) < 4.78 is 30.2. The lowest BCUT2D eigenvalue weighted by atomic mass is 9.34. The zero-order chi connectivity index (χ0) is 39.1. The lowest BCUT2D eigenvalue weighted by Gasteiger charge is -2.34. The first-order chi connectivity index (χ1) is 29.7. The van der Waals surface area contributed by atoms with Gasteiger partial charge in [0, 0.05) is 33.8 Å². The van der Waals surface area contributed by atoms with Gasteiger partial charge in [-0.25, -0.2) is 0 Å². The predicted molar refractivity (Wildman–Crippen MR) is 244 cm³/mol. The van der Waals surface area contributed by atoms with Crippen molar-refractivity contribution >= 4 is 88.8 Å². The number of para-hydroxylation sites is 3. The van der Waals surface area contributed by atoms with Crippen LogP contribution in [0, 0.1) is 0 Å². The fourth-order valence-electron chi connectivity index (χ4n) is 10.1. The number of nitrogens with zero attached hydrogens (tertiary/aromatic N) is 1. The van der Waals surface area contributed by atoms with Crippen LogP contribution in [0.2, 0.25) is 0 Å². The molecule has 60 heavy (non-hydrogen) atoms. The molecule has 0 saturated carbocycles. The lowest BCUT2D eigenvalue weighted by molar-refractivity contribution is 0.464. The highest BCUT2D eigenvalue weighted by Crippen LogP contribution is 2.49. The van der Waals surface area contributed by atoms with Crippen molar-refractivity contribution in [3.63, 3.8) is 0 Å². The van der Waals surface area contributed by atoms with Gasteiger partial charge in [-0.3, -0.25) is 0 Å². The Labute approximate surface area is 343 Å². The van der Waals surface area contributed by atoms with Crippen LogP contribution in [0.1, 0.15) is 0 Å². The van der Waals surface area contributed by atoms with Crippen LogP contribution in [-0.2, 0) is 0 Å². The van der Waals surface area contributed by atoms with Crippen LogP contribution in [0.4, 0.5) is 0 Å². The summed E-state index contributed by atoms with van der Waals surface area (Å²) in [4.78, 5) is 0. The van der Waals surface area contributed by atoms with Crippen molar-refractivity contribution in [2.24, 2.45) is 0 Å². The topological polar surface area (TPSA) is 49.7 Å². The predicted octanol–water partition coefficient (Wildman–Crippen LogP) is 12.6. The van der Waals surface area contributed by atoms with E-state index in [2.05, 4.69) is 156 Å². The maximum Gasteiger partial charge on any atom is 0.260 e. The van der Waals surface area contributed by atoms with E-state index in [0.717, 1.165) is 133 Å². The summed E-state index contributed by atoms with van der Waals surface area (Å²) in [6.45, 7) is -0.0935. The average Bonchev–Trinajstić information content (AvgIpc) is 3.99. The molecular formula is C54H30BNO4. The highest BCUT2D eigenvalue weighted by Gasteiger charge is 2.41. The van der Waals surface area contributed by atoms with Crippen molar-refractivity contribution < 1.29 is 18.3 Å². The van der Waals surface area contributed by atoms with Gasteiger partial charge in [0.1, 0.15) is 45.3 Å². The number of furan rings is 2. The Bertz CT molecular complexity index is 3640. The highest BCUT2D eigenvalue weighted by molar-refractivity contribution is 6.98. The summed E-state index contributed by atoms with van der Waals surface area (Å²) in [5, 5.41) is 6.23. The van der Waals surface area contributed by atoms with Gasteiger partial charge < -0.3 is 22.9 Å². The number of rotatable bonds is 3. The highest BCUT2D eigenvalue weighted by atomic mass is 16.5. The molecule has 0 fully saturated rings. The van der Waals surface area contributed by atoms with Crippen LogP contribution in [0.3, 0.4) is 0 Å². The van der Waals surface area contributed by atoms with Gasteiger partial charge in [0.05, 0.1) is 32.9 Å². The van der Waals surface area contributed by atoms with Crippen molar-refractivity contribution in [3.05, 3.63) is 182 Å². The Morgan fingerprint density at radius 2 is 0.867 bits per heavy atom. The van der Waals surface area contributed by atoms with Gasteiger partial charge in [-0.05, 0) is 63.5 Å². The molecule has 6 heteroatoms. The minimum atomic E-state index is -0.0935. The van der Waals surface area contributed by atoms with E-state index in [4.69, 9.17) is 18.3 Å². The normalized spacial score (nSPS) is 12.9. The summed E-state index contributed by atoms with van der Waals surface area (Å²) >= 11 is 0. The number of hydrogen-bond donors (Lipinski definition) is 0. The first-order valence-corrected chi connectivity index (χ1v) is 20.4. The molecule has 2 aliphatic rings. The second kappa shape index (κ2) is 11.8. The third-order valence-electron chi connectivity index (χ3n) is 12.7. The fourth-order valence-corrected chi connectivity index (χ4v) is 10.1. The standard InChI is InChI=1S/C54H30BNO4/c1-3-13-31(14-4-1)33-23-25-39-44(27-33)57-46-29-35(30-47-51(46)55(39)40-26-24-34(28-45(40)58-47)32-15-5-2-6-16-32)56-41-20-10-7-17-36(41)48-52(56)49-37-18-8-11-21-42(37)59-54(49)50-38-19-9-12-22-43(38)60-53(48)50/h1-30H. The number of ether oxygens (including phenoxy) is 2. The van der Waals surface area contributed by atoms with Gasteiger partial charge in [0.25, 0.3) is 6.71 Å². The minimum Gasteiger partial charge on any atom is -0.458 e. The van der Waals surface area contributed by atoms with Crippen molar-refractivity contribution in [2.75, 3.05) is 0 Å². The molecule has 0 radical (unpaired) electrons. The molecule has 0 bridgehead atoms. The summed E-state index contributed by atoms with van der Waals surface area (Å²) in [6.07, 6.45) is 0. The monoisotopic (exact) mass is 767 g/mol. The molecule has 5 nitrogen and oxygen atoms in total. The summed E-state index contributed by atoms with van der Waals surface area (Å²) in [7, 11) is 0. The number of benzene rings is 9. The van der Waals surface area contributed by atoms with Crippen molar-refractivity contribution in [3.8, 4) is 50.9 Å². The van der Waals surface area contributed by atoms with E-state index >= 15 is 0 Å². The van der Waals surface area contributed by atoms with Crippen molar-refractivity contribution in [1.29, 1.82) is 0 Å². The second-order valence-corrected chi connectivity index (χ2v) is 15.9. The van der Waals surface area contributed by atoms with E-state index in [0.29, 0.717) is 0 Å². The molecule has 12 aromatic rings. The molecule has 0 atom stereocenters. The van der Waals surface area contributed by atoms with E-state index in [-0.39, 0.29) is 6.71 Å². The van der Waals surface area contributed by atoms with E-state index in [9.17, 15) is 0 Å². The molecule has 3 aromatic heterocycles. The van der Waals surface area contributed by atoms with Crippen LogP contribution in [0.25, 0.3) is 93.6 Å². The zero-order valence-corrected chi connectivity index (χ0v) is 32.0. The average molecular weight is 768 g/mol. The molecule has 0 amide bonds. The quantitative estimate of drug-likeness (QED) is 0.168. The Morgan fingerprint density at radius 1 is 0.383 bits per heavy atom. The molecule has 9 aromatic carbocycles. The van der Waals surface area contributed by atoms with Crippen LogP contribution in [-0.4, -0.2) is 11.3 Å². The third kappa shape index (κ3) is 4.31. The van der Waals surface area contributed by atoms with Gasteiger partial charge in [0.2, 0.25) is 0 Å². The largest absolute Gasteiger partial charge is 0.458 e. The van der Waals surface area contributed by atoms with E-state index in [1.165, 1.54) is 0 Å². The summed E-state index contributed by atoms with van der Waals surface area (Å²) in [5.41, 5.74) is 14.0. The molecule has 278 valence electrons. The third-order valence-corrected chi connectivity index (χ3v) is 12.7. The summed E-state index contributed by atoms with van der Waals surface area (Å²) in [5.74, 6) is 3.22. The number of aromatic nitrogens is 1. The Morgan fingerprint density at radius 3 is 1.45 bits per heavy atom. The number of hydrogen-bond acceptors (Lipinski definition) is 4. The van der Waals surface area contributed by atoms with Gasteiger partial charge >= 0.3 is 0 Å². The molecule has 14 rings (SSSR count). The van der Waals surface area contributed by atoms with Crippen molar-refractivity contribution in [1.82, 2.24) is 4.57 Å². The smallest absolute Gasteiger partial charge is 0.260 e. The summed E-state index contributed by atoms with van der Waals surface area (Å²) in [6, 6.07) is 63.8. The molecule has 2 aliphatic heterocycles. The molecule has 5 heterocycles. The van der Waals surface area contributed by atoms with E-state index < -0.39 is 0 Å². The maximum absolute atomic E-state index is 7.08.